The van der Waals surface area contributed by atoms with Crippen molar-refractivity contribution < 1.29 is 18.8 Å². The molecule has 2 heterocycles. The lowest BCUT2D eigenvalue weighted by Crippen LogP contribution is -2.32. The summed E-state index contributed by atoms with van der Waals surface area (Å²) in [6.45, 7) is 4.55. The summed E-state index contributed by atoms with van der Waals surface area (Å²) in [5.41, 5.74) is 6.66. The molecule has 8 nitrogen and oxygen atoms in total. The molecule has 0 unspecified atom stereocenters. The SMILES string of the molecule is CCOC(=O)CCCCc1nc2cc(C3=N[C@H](c4ccc(C)cc4)CON3)ccc2c(=O)n1-c1ccc(F)cc1. The van der Waals surface area contributed by atoms with Crippen LogP contribution in [0.3, 0.4) is 0 Å². The maximum absolute atomic E-state index is 13.7. The van der Waals surface area contributed by atoms with Crippen LogP contribution in [-0.4, -0.2) is 34.6 Å². The van der Waals surface area contributed by atoms with Gasteiger partial charge in [-0.1, -0.05) is 35.9 Å². The molecule has 0 spiro atoms. The third kappa shape index (κ3) is 6.10. The topological polar surface area (TPSA) is 94.8 Å². The van der Waals surface area contributed by atoms with Crippen molar-refractivity contribution in [3.63, 3.8) is 0 Å². The fraction of sp³-hybridized carbons (Fsp3) is 0.290. The number of fused-ring (bicyclic) bond motifs is 1. The Balaban J connectivity index is 1.50. The summed E-state index contributed by atoms with van der Waals surface area (Å²) >= 11 is 0. The first-order chi connectivity index (χ1) is 19.4. The van der Waals surface area contributed by atoms with Gasteiger partial charge in [0.15, 0.2) is 5.84 Å². The van der Waals surface area contributed by atoms with Crippen molar-refractivity contribution in [2.75, 3.05) is 13.2 Å². The molecular formula is C31H31FN4O4. The molecular weight excluding hydrogens is 511 g/mol. The minimum Gasteiger partial charge on any atom is -0.466 e. The Bertz CT molecular complexity index is 1600. The number of nitrogens with one attached hydrogen (secondary N) is 1. The maximum atomic E-state index is 13.7. The summed E-state index contributed by atoms with van der Waals surface area (Å²) in [7, 11) is 0. The Morgan fingerprint density at radius 1 is 1.10 bits per heavy atom. The number of halogens is 1. The zero-order valence-corrected chi connectivity index (χ0v) is 22.5. The molecule has 0 radical (unpaired) electrons. The molecule has 4 aromatic rings. The van der Waals surface area contributed by atoms with Gasteiger partial charge in [0.25, 0.3) is 5.56 Å². The van der Waals surface area contributed by atoms with E-state index in [1.807, 2.05) is 43.3 Å². The lowest BCUT2D eigenvalue weighted by Gasteiger charge is -2.22. The van der Waals surface area contributed by atoms with Crippen LogP contribution in [-0.2, 0) is 20.8 Å². The number of esters is 1. The second-order valence-electron chi connectivity index (χ2n) is 9.71. The van der Waals surface area contributed by atoms with E-state index in [1.165, 1.54) is 22.3 Å². The third-order valence-corrected chi connectivity index (χ3v) is 6.79. The quantitative estimate of drug-likeness (QED) is 0.233. The second kappa shape index (κ2) is 12.2. The van der Waals surface area contributed by atoms with Gasteiger partial charge in [-0.3, -0.25) is 24.0 Å². The zero-order chi connectivity index (χ0) is 28.1. The second-order valence-corrected chi connectivity index (χ2v) is 9.71. The number of aromatic nitrogens is 2. The highest BCUT2D eigenvalue weighted by molar-refractivity contribution is 6.01. The Morgan fingerprint density at radius 2 is 1.88 bits per heavy atom. The standard InChI is InChI=1S/C31H31FN4O4/c1-3-39-29(37)7-5-4-6-28-33-26-18-22(30-34-27(19-40-35-30)21-10-8-20(2)9-11-21)12-17-25(26)31(38)36(28)24-15-13-23(32)14-16-24/h8-18,27H,3-7,19H2,1-2H3,(H,34,35)/t27-/m0/s1. The maximum Gasteiger partial charge on any atom is 0.305 e. The molecule has 206 valence electrons. The first-order valence-corrected chi connectivity index (χ1v) is 13.4. The van der Waals surface area contributed by atoms with Gasteiger partial charge in [0.1, 0.15) is 24.3 Å². The number of ether oxygens (including phenoxy) is 1. The molecule has 0 aliphatic carbocycles. The predicted molar refractivity (Wildman–Crippen MR) is 151 cm³/mol. The van der Waals surface area contributed by atoms with Gasteiger partial charge >= 0.3 is 5.97 Å². The minimum atomic E-state index is -0.391. The lowest BCUT2D eigenvalue weighted by molar-refractivity contribution is -0.143. The van der Waals surface area contributed by atoms with Crippen molar-refractivity contribution in [1.82, 2.24) is 15.0 Å². The summed E-state index contributed by atoms with van der Waals surface area (Å²) in [4.78, 5) is 40.8. The number of aryl methyl sites for hydroxylation is 2. The predicted octanol–water partition coefficient (Wildman–Crippen LogP) is 5.13. The molecule has 0 saturated carbocycles. The fourth-order valence-electron chi connectivity index (χ4n) is 4.69. The number of nitrogens with zero attached hydrogens (tertiary/aromatic N) is 3. The molecule has 1 aromatic heterocycles. The first-order valence-electron chi connectivity index (χ1n) is 13.4. The summed E-state index contributed by atoms with van der Waals surface area (Å²) in [5, 5.41) is 0.427. The molecule has 1 aliphatic rings. The van der Waals surface area contributed by atoms with Gasteiger partial charge < -0.3 is 4.74 Å². The van der Waals surface area contributed by atoms with Crippen molar-refractivity contribution in [2.24, 2.45) is 4.99 Å². The Hall–Kier alpha value is -4.37. The minimum absolute atomic E-state index is 0.165. The monoisotopic (exact) mass is 542 g/mol. The molecule has 9 heteroatoms. The van der Waals surface area contributed by atoms with Crippen LogP contribution >= 0.6 is 0 Å². The Kier molecular flexibility index (Phi) is 8.31. The molecule has 0 amide bonds. The molecule has 1 atom stereocenters. The molecule has 0 saturated heterocycles. The number of aliphatic imine (C=N–C) groups is 1. The number of hydrogen-bond donors (Lipinski definition) is 1. The molecule has 1 N–H and O–H groups in total. The van der Waals surface area contributed by atoms with Gasteiger partial charge in [-0.25, -0.2) is 14.9 Å². The smallest absolute Gasteiger partial charge is 0.305 e. The molecule has 0 bridgehead atoms. The van der Waals surface area contributed by atoms with Crippen LogP contribution in [0.2, 0.25) is 0 Å². The first kappa shape index (κ1) is 27.2. The van der Waals surface area contributed by atoms with Crippen LogP contribution in [0.1, 0.15) is 54.7 Å². The zero-order valence-electron chi connectivity index (χ0n) is 22.5. The van der Waals surface area contributed by atoms with Crippen LogP contribution in [0, 0.1) is 12.7 Å². The molecule has 1 aliphatic heterocycles. The number of unbranched alkanes of at least 4 members (excludes halogenated alkanes) is 1. The van der Waals surface area contributed by atoms with Crippen molar-refractivity contribution in [3.05, 3.63) is 105 Å². The van der Waals surface area contributed by atoms with Crippen molar-refractivity contribution in [2.45, 2.75) is 45.6 Å². The highest BCUT2D eigenvalue weighted by atomic mass is 19.1. The Morgan fingerprint density at radius 3 is 2.62 bits per heavy atom. The average molecular weight is 543 g/mol. The van der Waals surface area contributed by atoms with E-state index in [4.69, 9.17) is 19.6 Å². The van der Waals surface area contributed by atoms with E-state index in [0.29, 0.717) is 67.1 Å². The van der Waals surface area contributed by atoms with E-state index in [9.17, 15) is 14.0 Å². The summed E-state index contributed by atoms with van der Waals surface area (Å²) in [6.07, 6.45) is 1.95. The van der Waals surface area contributed by atoms with Gasteiger partial charge in [0.2, 0.25) is 0 Å². The van der Waals surface area contributed by atoms with Gasteiger partial charge in [-0.05, 0) is 68.7 Å². The van der Waals surface area contributed by atoms with Crippen LogP contribution in [0.25, 0.3) is 16.6 Å². The molecule has 3 aromatic carbocycles. The van der Waals surface area contributed by atoms with Gasteiger partial charge in [0, 0.05) is 18.4 Å². The number of hydrogen-bond acceptors (Lipinski definition) is 7. The van der Waals surface area contributed by atoms with Crippen LogP contribution in [0.5, 0.6) is 0 Å². The Labute approximate surface area is 231 Å². The van der Waals surface area contributed by atoms with Crippen LogP contribution in [0.15, 0.2) is 76.5 Å². The van der Waals surface area contributed by atoms with Gasteiger partial charge in [-0.2, -0.15) is 0 Å². The number of carbonyl (C=O) groups is 1. The lowest BCUT2D eigenvalue weighted by atomic mass is 10.1. The van der Waals surface area contributed by atoms with Crippen LogP contribution in [0.4, 0.5) is 4.39 Å². The normalized spacial score (nSPS) is 15.0. The number of benzene rings is 3. The highest BCUT2D eigenvalue weighted by Gasteiger charge is 2.20. The molecule has 0 fully saturated rings. The fourth-order valence-corrected chi connectivity index (χ4v) is 4.69. The van der Waals surface area contributed by atoms with Crippen LogP contribution < -0.4 is 11.0 Å². The van der Waals surface area contributed by atoms with Gasteiger partial charge in [0.05, 0.1) is 23.2 Å². The van der Waals surface area contributed by atoms with Crippen molar-refractivity contribution in [1.29, 1.82) is 0 Å². The van der Waals surface area contributed by atoms with E-state index in [1.54, 1.807) is 25.1 Å². The average Bonchev–Trinajstić information content (AvgIpc) is 2.96. The largest absolute Gasteiger partial charge is 0.466 e. The number of hydroxylamine groups is 1. The summed E-state index contributed by atoms with van der Waals surface area (Å²) in [6, 6.07) is 19.1. The summed E-state index contributed by atoms with van der Waals surface area (Å²) in [5.74, 6) is 0.441. The third-order valence-electron chi connectivity index (χ3n) is 6.79. The summed E-state index contributed by atoms with van der Waals surface area (Å²) < 4.78 is 20.2. The van der Waals surface area contributed by atoms with E-state index in [2.05, 4.69) is 5.48 Å². The number of amidine groups is 1. The van der Waals surface area contributed by atoms with Crippen molar-refractivity contribution in [3.8, 4) is 5.69 Å². The van der Waals surface area contributed by atoms with Crippen molar-refractivity contribution >= 4 is 22.7 Å². The van der Waals surface area contributed by atoms with E-state index in [0.717, 1.165) is 11.1 Å². The van der Waals surface area contributed by atoms with Gasteiger partial charge in [-0.15, -0.1) is 0 Å². The molecule has 5 rings (SSSR count). The highest BCUT2D eigenvalue weighted by Crippen LogP contribution is 2.23. The van der Waals surface area contributed by atoms with E-state index in [-0.39, 0.29) is 17.6 Å². The van der Waals surface area contributed by atoms with E-state index >= 15 is 0 Å². The molecule has 40 heavy (non-hydrogen) atoms. The number of carbonyl (C=O) groups excluding carboxylic acids is 1. The van der Waals surface area contributed by atoms with E-state index < -0.39 is 5.82 Å². The number of rotatable bonds is 9.